The molecule has 0 atom stereocenters. The number of hydrogen-bond donors (Lipinski definition) is 0. The fourth-order valence-corrected chi connectivity index (χ4v) is 4.10. The molecular weight excluding hydrogens is 657 g/mol. The second-order valence-corrected chi connectivity index (χ2v) is 9.59. The molecule has 0 aromatic rings. The van der Waals surface area contributed by atoms with Crippen LogP contribution in [0.5, 0.6) is 0 Å². The molecule has 0 unspecified atom stereocenters. The molecule has 242 valence electrons. The Kier molecular flexibility index (Phi) is 9.63. The van der Waals surface area contributed by atoms with E-state index < -0.39 is 92.6 Å². The van der Waals surface area contributed by atoms with Crippen LogP contribution in [0.15, 0.2) is 0 Å². The van der Waals surface area contributed by atoms with Crippen LogP contribution in [0, 0.1) is 0 Å². The van der Waals surface area contributed by atoms with Gasteiger partial charge in [0, 0.05) is 13.1 Å². The maximum Gasteiger partial charge on any atom is 0.460 e. The lowest BCUT2D eigenvalue weighted by molar-refractivity contribution is -0.472. The van der Waals surface area contributed by atoms with Gasteiger partial charge in [0.1, 0.15) is 0 Å². The van der Waals surface area contributed by atoms with Crippen molar-refractivity contribution in [1.29, 1.82) is 0 Å². The van der Waals surface area contributed by atoms with E-state index in [0.717, 1.165) is 6.92 Å². The Morgan fingerprint density at radius 1 is 0.450 bits per heavy atom. The third-order valence-electron chi connectivity index (χ3n) is 4.97. The van der Waals surface area contributed by atoms with Crippen molar-refractivity contribution in [3.8, 4) is 0 Å². The molecule has 0 saturated carbocycles. The molecule has 0 aliphatic carbocycles. The van der Waals surface area contributed by atoms with Gasteiger partial charge in [-0.2, -0.15) is 96.5 Å². The molecule has 0 bridgehead atoms. The van der Waals surface area contributed by atoms with E-state index in [0.29, 0.717) is 6.92 Å². The zero-order valence-corrected chi connectivity index (χ0v) is 19.5. The number of rotatable bonds is 13. The third kappa shape index (κ3) is 4.63. The van der Waals surface area contributed by atoms with Crippen LogP contribution in [0.25, 0.3) is 0 Å². The van der Waals surface area contributed by atoms with Crippen molar-refractivity contribution in [3.05, 3.63) is 0 Å². The largest absolute Gasteiger partial charge is 0.460 e. The molecule has 0 aliphatic heterocycles. The quantitative estimate of drug-likeness (QED) is 0.194. The Morgan fingerprint density at radius 3 is 0.925 bits per heavy atom. The Bertz CT molecular complexity index is 1020. The molecule has 0 radical (unpaired) electrons. The Morgan fingerprint density at radius 2 is 0.700 bits per heavy atom. The predicted octanol–water partition coefficient (Wildman–Crippen LogP) is 7.29. The summed E-state index contributed by atoms with van der Waals surface area (Å²) in [5.41, 5.74) is 0. The van der Waals surface area contributed by atoms with E-state index in [4.69, 9.17) is 0 Å². The van der Waals surface area contributed by atoms with Crippen molar-refractivity contribution in [2.75, 3.05) is 13.1 Å². The van der Waals surface area contributed by atoms with Gasteiger partial charge in [-0.15, -0.1) is 0 Å². The molecule has 0 spiro atoms. The summed E-state index contributed by atoms with van der Waals surface area (Å²) in [6, 6.07) is 0. The predicted molar refractivity (Wildman–Crippen MR) is 87.0 cm³/mol. The third-order valence-corrected chi connectivity index (χ3v) is 7.00. The highest BCUT2D eigenvalue weighted by Crippen LogP contribution is 2.66. The average Bonchev–Trinajstić information content (AvgIpc) is 2.75. The maximum absolute atomic E-state index is 14.0. The molecule has 3 nitrogen and oxygen atoms in total. The Labute approximate surface area is 208 Å². The van der Waals surface area contributed by atoms with Gasteiger partial charge in [-0.05, 0) is 6.42 Å². The van der Waals surface area contributed by atoms with E-state index >= 15 is 0 Å². The zero-order chi connectivity index (χ0) is 33.2. The Hall–Kier alpha value is -1.56. The van der Waals surface area contributed by atoms with Crippen LogP contribution in [0.4, 0.5) is 92.2 Å². The monoisotopic (exact) mass is 669 g/mol. The normalized spacial score (nSPS) is 16.6. The number of halogens is 21. The van der Waals surface area contributed by atoms with Gasteiger partial charge in [0.15, 0.2) is 0 Å². The SMILES string of the molecule is CCCN(CC)S(=O)(=O)C(F)(F)C(F)(F)C(F)(F)C(F)(F)C(F)(F)C(F)(F)C(F)(F)C(F)(F)C(F)(F)C(F)(F)F. The molecule has 0 N–H and O–H groups in total. The molecule has 0 rings (SSSR count). The van der Waals surface area contributed by atoms with Crippen molar-refractivity contribution in [2.24, 2.45) is 0 Å². The van der Waals surface area contributed by atoms with Gasteiger partial charge in [0.2, 0.25) is 0 Å². The molecule has 0 heterocycles. The minimum atomic E-state index is -9.32. The molecule has 0 fully saturated rings. The molecular formula is C15H12F21NO2S. The second kappa shape index (κ2) is 10.0. The molecule has 0 aliphatic rings. The second-order valence-electron chi connectivity index (χ2n) is 7.61. The molecule has 0 amide bonds. The van der Waals surface area contributed by atoms with Crippen LogP contribution in [0.3, 0.4) is 0 Å². The number of sulfonamides is 1. The Balaban J connectivity index is 7.30. The lowest BCUT2D eigenvalue weighted by atomic mass is 9.87. The van der Waals surface area contributed by atoms with E-state index in [-0.39, 0.29) is 0 Å². The van der Waals surface area contributed by atoms with Crippen LogP contribution < -0.4 is 0 Å². The maximum atomic E-state index is 14.0. The van der Waals surface area contributed by atoms with Crippen LogP contribution in [-0.4, -0.2) is 84.6 Å². The summed E-state index contributed by atoms with van der Waals surface area (Å²) >= 11 is 0. The summed E-state index contributed by atoms with van der Waals surface area (Å²) in [6.45, 7) is -1.21. The molecule has 40 heavy (non-hydrogen) atoms. The summed E-state index contributed by atoms with van der Waals surface area (Å²) in [6.07, 6.45) is -8.68. The standard InChI is InChI=1S/C15H12F21NO2S/c1-3-5-37(4-2)40(38,39)15(35,36)13(30,31)11(26,27)9(22,23)7(18,19)6(16,17)8(20,21)10(24,25)12(28,29)14(32,33)34/h3-5H2,1-2H3. The van der Waals surface area contributed by atoms with Crippen LogP contribution in [0.1, 0.15) is 20.3 Å². The molecule has 0 aromatic heterocycles. The lowest BCUT2D eigenvalue weighted by Gasteiger charge is -2.44. The van der Waals surface area contributed by atoms with E-state index in [2.05, 4.69) is 0 Å². The summed E-state index contributed by atoms with van der Waals surface area (Å²) in [4.78, 5) is 0. The first-order chi connectivity index (χ1) is 17.0. The summed E-state index contributed by atoms with van der Waals surface area (Å²) in [5.74, 6) is -72.0. The van der Waals surface area contributed by atoms with Gasteiger partial charge >= 0.3 is 58.8 Å². The van der Waals surface area contributed by atoms with Crippen molar-refractivity contribution in [3.63, 3.8) is 0 Å². The smallest absolute Gasteiger partial charge is 0.206 e. The number of nitrogens with zero attached hydrogens (tertiary/aromatic N) is 1. The van der Waals surface area contributed by atoms with Gasteiger partial charge in [0.25, 0.3) is 10.0 Å². The number of hydrogen-bond acceptors (Lipinski definition) is 2. The fourth-order valence-electron chi connectivity index (χ4n) is 2.57. The zero-order valence-electron chi connectivity index (χ0n) is 18.7. The first-order valence-corrected chi connectivity index (χ1v) is 10.9. The van der Waals surface area contributed by atoms with E-state index in [1.165, 1.54) is 0 Å². The van der Waals surface area contributed by atoms with E-state index in [1.54, 1.807) is 0 Å². The van der Waals surface area contributed by atoms with Gasteiger partial charge in [-0.3, -0.25) is 0 Å². The van der Waals surface area contributed by atoms with Crippen LogP contribution in [0.2, 0.25) is 0 Å². The van der Waals surface area contributed by atoms with Crippen molar-refractivity contribution in [2.45, 2.75) is 79.1 Å². The summed E-state index contributed by atoms with van der Waals surface area (Å²) < 4.78 is 303. The van der Waals surface area contributed by atoms with Gasteiger partial charge in [-0.25, -0.2) is 8.42 Å². The van der Waals surface area contributed by atoms with Gasteiger partial charge in [-0.1, -0.05) is 13.8 Å². The molecule has 25 heteroatoms. The van der Waals surface area contributed by atoms with Crippen molar-refractivity contribution in [1.82, 2.24) is 4.31 Å². The minimum absolute atomic E-state index is 0.530. The summed E-state index contributed by atoms with van der Waals surface area (Å²) in [7, 11) is -7.37. The molecule has 0 aromatic carbocycles. The van der Waals surface area contributed by atoms with Gasteiger partial charge < -0.3 is 0 Å². The first kappa shape index (κ1) is 38.4. The van der Waals surface area contributed by atoms with Gasteiger partial charge in [0.05, 0.1) is 0 Å². The van der Waals surface area contributed by atoms with Crippen molar-refractivity contribution < 1.29 is 101 Å². The molecule has 0 saturated heterocycles. The first-order valence-electron chi connectivity index (χ1n) is 9.49. The topological polar surface area (TPSA) is 37.4 Å². The highest BCUT2D eigenvalue weighted by Gasteiger charge is 2.98. The van der Waals surface area contributed by atoms with Crippen molar-refractivity contribution >= 4 is 10.0 Å². The average molecular weight is 669 g/mol. The minimum Gasteiger partial charge on any atom is -0.206 e. The number of alkyl halides is 21. The van der Waals surface area contributed by atoms with Crippen LogP contribution in [-0.2, 0) is 10.0 Å². The van der Waals surface area contributed by atoms with E-state index in [9.17, 15) is 101 Å². The van der Waals surface area contributed by atoms with Crippen LogP contribution >= 0.6 is 0 Å². The highest BCUT2D eigenvalue weighted by atomic mass is 32.2. The summed E-state index contributed by atoms with van der Waals surface area (Å²) in [5, 5.41) is -7.71. The highest BCUT2D eigenvalue weighted by molar-refractivity contribution is 7.90. The van der Waals surface area contributed by atoms with E-state index in [1.807, 2.05) is 0 Å². The fraction of sp³-hybridized carbons (Fsp3) is 1.00. The lowest BCUT2D eigenvalue weighted by Crippen LogP contribution is -2.77.